The standard InChI is InChI=1S/C25H29NO6/c1-3-4-13-30-18-10-8-17(9-11-18)22-21(23(27)20-12-7-16(2)32-20)24(28)25(29)26(22)15-19-6-5-14-31-19/h7-12,19,22,28H,3-6,13-15H2,1-2H3/t19-,22+/m1/s1. The minimum Gasteiger partial charge on any atom is -0.503 e. The third-order valence-corrected chi connectivity index (χ3v) is 5.90. The Kier molecular flexibility index (Phi) is 6.65. The van der Waals surface area contributed by atoms with Crippen molar-refractivity contribution in [3.05, 3.63) is 64.8 Å². The molecule has 2 atom stereocenters. The van der Waals surface area contributed by atoms with Crippen LogP contribution in [0.4, 0.5) is 0 Å². The summed E-state index contributed by atoms with van der Waals surface area (Å²) < 4.78 is 17.0. The fourth-order valence-electron chi connectivity index (χ4n) is 4.20. The SMILES string of the molecule is CCCCOc1ccc([C@H]2C(C(=O)c3ccc(C)o3)=C(O)C(=O)N2C[C@H]2CCCO2)cc1. The van der Waals surface area contributed by atoms with E-state index in [0.717, 1.165) is 37.0 Å². The molecule has 1 amide bonds. The van der Waals surface area contributed by atoms with Gasteiger partial charge in [0.25, 0.3) is 5.91 Å². The van der Waals surface area contributed by atoms with Gasteiger partial charge in [0.1, 0.15) is 11.5 Å². The number of ether oxygens (including phenoxy) is 2. The first kappa shape index (κ1) is 22.1. The van der Waals surface area contributed by atoms with Gasteiger partial charge in [-0.3, -0.25) is 9.59 Å². The molecule has 7 heteroatoms. The van der Waals surface area contributed by atoms with Crippen LogP contribution < -0.4 is 4.74 Å². The van der Waals surface area contributed by atoms with Crippen molar-refractivity contribution in [1.82, 2.24) is 4.90 Å². The maximum Gasteiger partial charge on any atom is 0.290 e. The number of aliphatic hydroxyl groups is 1. The van der Waals surface area contributed by atoms with Crippen LogP contribution in [0.2, 0.25) is 0 Å². The molecule has 4 rings (SSSR count). The van der Waals surface area contributed by atoms with Crippen molar-refractivity contribution in [2.75, 3.05) is 19.8 Å². The van der Waals surface area contributed by atoms with Crippen molar-refractivity contribution >= 4 is 11.7 Å². The number of carbonyl (C=O) groups is 2. The first-order valence-corrected chi connectivity index (χ1v) is 11.2. The summed E-state index contributed by atoms with van der Waals surface area (Å²) in [5.74, 6) is -0.192. The van der Waals surface area contributed by atoms with E-state index in [-0.39, 0.29) is 17.4 Å². The average molecular weight is 440 g/mol. The minimum atomic E-state index is -0.728. The molecule has 170 valence electrons. The second-order valence-electron chi connectivity index (χ2n) is 8.27. The van der Waals surface area contributed by atoms with Crippen LogP contribution in [0.1, 0.15) is 60.5 Å². The number of unbranched alkanes of at least 4 members (excludes halogenated alkanes) is 1. The first-order valence-electron chi connectivity index (χ1n) is 11.2. The van der Waals surface area contributed by atoms with E-state index < -0.39 is 23.5 Å². The molecule has 0 unspecified atom stereocenters. The Morgan fingerprint density at radius 1 is 1.22 bits per heavy atom. The summed E-state index contributed by atoms with van der Waals surface area (Å²) >= 11 is 0. The predicted octanol–water partition coefficient (Wildman–Crippen LogP) is 4.52. The van der Waals surface area contributed by atoms with E-state index in [1.807, 2.05) is 24.3 Å². The molecule has 0 spiro atoms. The average Bonchev–Trinajstić information content (AvgIpc) is 3.52. The molecule has 0 saturated carbocycles. The Hall–Kier alpha value is -3.06. The molecule has 0 bridgehead atoms. The zero-order valence-electron chi connectivity index (χ0n) is 18.5. The van der Waals surface area contributed by atoms with Gasteiger partial charge in [-0.2, -0.15) is 0 Å². The van der Waals surface area contributed by atoms with Gasteiger partial charge in [0.15, 0.2) is 11.5 Å². The van der Waals surface area contributed by atoms with E-state index in [1.54, 1.807) is 19.1 Å². The predicted molar refractivity (Wildman–Crippen MR) is 118 cm³/mol. The molecule has 2 aromatic rings. The van der Waals surface area contributed by atoms with Gasteiger partial charge in [-0.15, -0.1) is 0 Å². The van der Waals surface area contributed by atoms with E-state index in [4.69, 9.17) is 13.9 Å². The van der Waals surface area contributed by atoms with Crippen LogP contribution in [0.15, 0.2) is 52.1 Å². The van der Waals surface area contributed by atoms with Gasteiger partial charge in [-0.25, -0.2) is 0 Å². The normalized spacial score (nSPS) is 20.9. The molecule has 2 aliphatic heterocycles. The van der Waals surface area contributed by atoms with Crippen LogP contribution in [0.5, 0.6) is 5.75 Å². The number of ketones is 1. The summed E-state index contributed by atoms with van der Waals surface area (Å²) in [4.78, 5) is 27.8. The maximum atomic E-state index is 13.3. The van der Waals surface area contributed by atoms with E-state index in [9.17, 15) is 14.7 Å². The van der Waals surface area contributed by atoms with Crippen LogP contribution >= 0.6 is 0 Å². The number of carbonyl (C=O) groups excluding carboxylic acids is 2. The summed E-state index contributed by atoms with van der Waals surface area (Å²) in [5, 5.41) is 10.7. The Morgan fingerprint density at radius 2 is 2.00 bits per heavy atom. The first-order chi connectivity index (χ1) is 15.5. The molecule has 1 aromatic carbocycles. The highest BCUT2D eigenvalue weighted by Crippen LogP contribution is 2.40. The maximum absolute atomic E-state index is 13.3. The molecule has 32 heavy (non-hydrogen) atoms. The molecular formula is C25H29NO6. The molecule has 2 aliphatic rings. The van der Waals surface area contributed by atoms with Gasteiger partial charge < -0.3 is 23.9 Å². The zero-order chi connectivity index (χ0) is 22.7. The molecule has 0 aliphatic carbocycles. The summed E-state index contributed by atoms with van der Waals surface area (Å²) in [6.07, 6.45) is 3.65. The molecule has 1 aromatic heterocycles. The fraction of sp³-hybridized carbons (Fsp3) is 0.440. The molecular weight excluding hydrogens is 410 g/mol. The number of furan rings is 1. The van der Waals surface area contributed by atoms with Gasteiger partial charge in [0, 0.05) is 13.2 Å². The molecule has 1 saturated heterocycles. The molecule has 7 nitrogen and oxygen atoms in total. The Morgan fingerprint density at radius 3 is 2.62 bits per heavy atom. The van der Waals surface area contributed by atoms with Crippen molar-refractivity contribution in [1.29, 1.82) is 0 Å². The van der Waals surface area contributed by atoms with Crippen LogP contribution in [0, 0.1) is 6.92 Å². The third kappa shape index (κ3) is 4.43. The molecule has 3 heterocycles. The smallest absolute Gasteiger partial charge is 0.290 e. The summed E-state index contributed by atoms with van der Waals surface area (Å²) in [7, 11) is 0. The third-order valence-electron chi connectivity index (χ3n) is 5.90. The number of hydrogen-bond acceptors (Lipinski definition) is 6. The van der Waals surface area contributed by atoms with Gasteiger partial charge in [0.2, 0.25) is 5.78 Å². The lowest BCUT2D eigenvalue weighted by Crippen LogP contribution is -2.37. The number of amides is 1. The fourth-order valence-corrected chi connectivity index (χ4v) is 4.20. The summed E-state index contributed by atoms with van der Waals surface area (Å²) in [6.45, 7) is 5.42. The highest BCUT2D eigenvalue weighted by atomic mass is 16.5. The lowest BCUT2D eigenvalue weighted by atomic mass is 9.95. The molecule has 1 N–H and O–H groups in total. The van der Waals surface area contributed by atoms with E-state index in [1.165, 1.54) is 4.90 Å². The monoisotopic (exact) mass is 439 g/mol. The Labute approximate surface area is 187 Å². The highest BCUT2D eigenvalue weighted by Gasteiger charge is 2.45. The molecule has 1 fully saturated rings. The van der Waals surface area contributed by atoms with Crippen molar-refractivity contribution < 1.29 is 28.6 Å². The lowest BCUT2D eigenvalue weighted by molar-refractivity contribution is -0.131. The van der Waals surface area contributed by atoms with E-state index in [0.29, 0.717) is 25.5 Å². The topological polar surface area (TPSA) is 89.2 Å². The summed E-state index contributed by atoms with van der Waals surface area (Å²) in [6, 6.07) is 9.84. The van der Waals surface area contributed by atoms with Crippen molar-refractivity contribution in [3.63, 3.8) is 0 Å². The number of rotatable bonds is 9. The number of aryl methyl sites for hydroxylation is 1. The second kappa shape index (κ2) is 9.61. The minimum absolute atomic E-state index is 0.0296. The highest BCUT2D eigenvalue weighted by molar-refractivity contribution is 6.15. The van der Waals surface area contributed by atoms with Gasteiger partial charge in [-0.1, -0.05) is 25.5 Å². The lowest BCUT2D eigenvalue weighted by Gasteiger charge is -2.28. The van der Waals surface area contributed by atoms with Crippen molar-refractivity contribution in [3.8, 4) is 5.75 Å². The number of aliphatic hydroxyl groups excluding tert-OH is 1. The van der Waals surface area contributed by atoms with E-state index >= 15 is 0 Å². The largest absolute Gasteiger partial charge is 0.503 e. The Balaban J connectivity index is 1.66. The van der Waals surface area contributed by atoms with E-state index in [2.05, 4.69) is 6.92 Å². The number of nitrogens with zero attached hydrogens (tertiary/aromatic N) is 1. The number of Topliss-reactive ketones (excluding diaryl/α,β-unsaturated/α-hetero) is 1. The van der Waals surface area contributed by atoms with Gasteiger partial charge in [-0.05, 0) is 56.0 Å². The van der Waals surface area contributed by atoms with Gasteiger partial charge >= 0.3 is 0 Å². The van der Waals surface area contributed by atoms with Crippen LogP contribution in [-0.2, 0) is 9.53 Å². The van der Waals surface area contributed by atoms with Crippen molar-refractivity contribution in [2.24, 2.45) is 0 Å². The van der Waals surface area contributed by atoms with Crippen molar-refractivity contribution in [2.45, 2.75) is 51.7 Å². The van der Waals surface area contributed by atoms with Gasteiger partial charge in [0.05, 0.1) is 24.3 Å². The van der Waals surface area contributed by atoms with Crippen LogP contribution in [0.25, 0.3) is 0 Å². The molecule has 0 radical (unpaired) electrons. The number of benzene rings is 1. The summed E-state index contributed by atoms with van der Waals surface area (Å²) in [5.41, 5.74) is 0.747. The zero-order valence-corrected chi connectivity index (χ0v) is 18.5. The van der Waals surface area contributed by atoms with Crippen LogP contribution in [0.3, 0.4) is 0 Å². The second-order valence-corrected chi connectivity index (χ2v) is 8.27. The van der Waals surface area contributed by atoms with Crippen LogP contribution in [-0.4, -0.2) is 47.6 Å². The quantitative estimate of drug-likeness (QED) is 0.456. The number of hydrogen-bond donors (Lipinski definition) is 1. The Bertz CT molecular complexity index is 1000.